The van der Waals surface area contributed by atoms with E-state index >= 15 is 0 Å². The SMILES string of the molecule is CC(C)(C)NCC(O)c1ccc(OCc2ccccc2)c(C(O)O)c1. The van der Waals surface area contributed by atoms with Gasteiger partial charge in [-0.3, -0.25) is 0 Å². The molecule has 136 valence electrons. The van der Waals surface area contributed by atoms with Crippen LogP contribution in [0.25, 0.3) is 0 Å². The van der Waals surface area contributed by atoms with Gasteiger partial charge in [-0.05, 0) is 44.0 Å². The minimum absolute atomic E-state index is 0.112. The predicted molar refractivity (Wildman–Crippen MR) is 97.1 cm³/mol. The third kappa shape index (κ3) is 6.14. The summed E-state index contributed by atoms with van der Waals surface area (Å²) in [5, 5.41) is 32.8. The predicted octanol–water partition coefficient (Wildman–Crippen LogP) is 2.67. The highest BCUT2D eigenvalue weighted by Crippen LogP contribution is 2.28. The van der Waals surface area contributed by atoms with Crippen LogP contribution in [0.1, 0.15) is 49.9 Å². The number of β-amino-alcohol motifs (C(OH)–C–C–N with tert-alkyl or cyclic N) is 1. The summed E-state index contributed by atoms with van der Waals surface area (Å²) in [6, 6.07) is 14.6. The molecule has 0 aliphatic heterocycles. The number of hydrogen-bond donors (Lipinski definition) is 4. The molecule has 2 aromatic carbocycles. The summed E-state index contributed by atoms with van der Waals surface area (Å²) in [5.74, 6) is 0.388. The number of aliphatic hydroxyl groups excluding tert-OH is 2. The van der Waals surface area contributed by atoms with Crippen molar-refractivity contribution in [3.8, 4) is 5.75 Å². The van der Waals surface area contributed by atoms with Crippen LogP contribution in [0.5, 0.6) is 5.75 Å². The highest BCUT2D eigenvalue weighted by atomic mass is 16.5. The molecule has 5 nitrogen and oxygen atoms in total. The number of rotatable bonds is 7. The first kappa shape index (κ1) is 19.4. The summed E-state index contributed by atoms with van der Waals surface area (Å²) in [5.41, 5.74) is 1.72. The smallest absolute Gasteiger partial charge is 0.182 e. The topological polar surface area (TPSA) is 82.0 Å². The second kappa shape index (κ2) is 8.45. The number of aliphatic hydroxyl groups is 3. The summed E-state index contributed by atoms with van der Waals surface area (Å²) in [4.78, 5) is 0. The quantitative estimate of drug-likeness (QED) is 0.580. The lowest BCUT2D eigenvalue weighted by molar-refractivity contribution is -0.0444. The molecule has 0 amide bonds. The van der Waals surface area contributed by atoms with E-state index < -0.39 is 12.4 Å². The third-order valence-corrected chi connectivity index (χ3v) is 3.76. The summed E-state index contributed by atoms with van der Waals surface area (Å²) in [6.45, 7) is 6.75. The Labute approximate surface area is 148 Å². The molecule has 0 bridgehead atoms. The van der Waals surface area contributed by atoms with Gasteiger partial charge >= 0.3 is 0 Å². The minimum atomic E-state index is -1.67. The molecule has 2 rings (SSSR count). The molecule has 0 aromatic heterocycles. The van der Waals surface area contributed by atoms with E-state index in [9.17, 15) is 15.3 Å². The number of ether oxygens (including phenoxy) is 1. The zero-order valence-corrected chi connectivity index (χ0v) is 14.9. The fourth-order valence-corrected chi connectivity index (χ4v) is 2.36. The molecule has 5 heteroatoms. The molecule has 0 radical (unpaired) electrons. The second-order valence-corrected chi connectivity index (χ2v) is 7.09. The monoisotopic (exact) mass is 345 g/mol. The van der Waals surface area contributed by atoms with Crippen LogP contribution in [-0.4, -0.2) is 27.4 Å². The molecule has 1 atom stereocenters. The Bertz CT molecular complexity index is 665. The lowest BCUT2D eigenvalue weighted by atomic mass is 10.0. The Balaban J connectivity index is 2.11. The van der Waals surface area contributed by atoms with Gasteiger partial charge in [-0.25, -0.2) is 0 Å². The van der Waals surface area contributed by atoms with Crippen LogP contribution >= 0.6 is 0 Å². The molecule has 1 unspecified atom stereocenters. The molecule has 4 N–H and O–H groups in total. The lowest BCUT2D eigenvalue weighted by Crippen LogP contribution is -2.38. The van der Waals surface area contributed by atoms with E-state index in [2.05, 4.69) is 5.32 Å². The molecule has 0 fully saturated rings. The van der Waals surface area contributed by atoms with Gasteiger partial charge in [0.05, 0.1) is 6.10 Å². The van der Waals surface area contributed by atoms with Gasteiger partial charge in [0.2, 0.25) is 0 Å². The maximum atomic E-state index is 10.3. The lowest BCUT2D eigenvalue weighted by Gasteiger charge is -2.23. The minimum Gasteiger partial charge on any atom is -0.488 e. The normalized spacial score (nSPS) is 13.1. The first-order chi connectivity index (χ1) is 11.8. The number of benzene rings is 2. The van der Waals surface area contributed by atoms with E-state index in [1.165, 1.54) is 0 Å². The summed E-state index contributed by atoms with van der Waals surface area (Å²) in [6.07, 6.45) is -2.42. The first-order valence-corrected chi connectivity index (χ1v) is 8.36. The first-order valence-electron chi connectivity index (χ1n) is 8.36. The Morgan fingerprint density at radius 3 is 2.28 bits per heavy atom. The molecule has 0 heterocycles. The van der Waals surface area contributed by atoms with E-state index in [-0.39, 0.29) is 11.1 Å². The van der Waals surface area contributed by atoms with Gasteiger partial charge in [-0.2, -0.15) is 0 Å². The van der Waals surface area contributed by atoms with Gasteiger partial charge in [-0.1, -0.05) is 36.4 Å². The maximum Gasteiger partial charge on any atom is 0.182 e. The molecular weight excluding hydrogens is 318 g/mol. The zero-order valence-electron chi connectivity index (χ0n) is 14.9. The summed E-state index contributed by atoms with van der Waals surface area (Å²) in [7, 11) is 0. The Morgan fingerprint density at radius 1 is 1.00 bits per heavy atom. The number of hydrogen-bond acceptors (Lipinski definition) is 5. The Morgan fingerprint density at radius 2 is 1.68 bits per heavy atom. The van der Waals surface area contributed by atoms with Crippen LogP contribution in [0.2, 0.25) is 0 Å². The zero-order chi connectivity index (χ0) is 18.4. The van der Waals surface area contributed by atoms with Crippen LogP contribution < -0.4 is 10.1 Å². The van der Waals surface area contributed by atoms with Crippen LogP contribution in [-0.2, 0) is 6.61 Å². The summed E-state index contributed by atoms with van der Waals surface area (Å²) >= 11 is 0. The van der Waals surface area contributed by atoms with E-state index in [0.29, 0.717) is 24.5 Å². The van der Waals surface area contributed by atoms with Gasteiger partial charge in [0.25, 0.3) is 0 Å². The van der Waals surface area contributed by atoms with Gasteiger partial charge in [-0.15, -0.1) is 0 Å². The third-order valence-electron chi connectivity index (χ3n) is 3.76. The van der Waals surface area contributed by atoms with Crippen molar-refractivity contribution in [3.63, 3.8) is 0 Å². The molecule has 0 saturated carbocycles. The van der Waals surface area contributed by atoms with Crippen molar-refractivity contribution in [2.45, 2.75) is 45.3 Å². The highest BCUT2D eigenvalue weighted by molar-refractivity contribution is 5.39. The van der Waals surface area contributed by atoms with Gasteiger partial charge in [0.15, 0.2) is 6.29 Å². The van der Waals surface area contributed by atoms with E-state index in [4.69, 9.17) is 4.74 Å². The molecule has 0 spiro atoms. The van der Waals surface area contributed by atoms with E-state index in [1.54, 1.807) is 18.2 Å². The van der Waals surface area contributed by atoms with Crippen LogP contribution in [0, 0.1) is 0 Å². The average molecular weight is 345 g/mol. The van der Waals surface area contributed by atoms with Crippen molar-refractivity contribution in [2.75, 3.05) is 6.54 Å². The molecular formula is C20H27NO4. The van der Waals surface area contributed by atoms with Crippen LogP contribution in [0.4, 0.5) is 0 Å². The maximum absolute atomic E-state index is 10.3. The van der Waals surface area contributed by atoms with Gasteiger partial charge in [0.1, 0.15) is 12.4 Å². The van der Waals surface area contributed by atoms with E-state index in [0.717, 1.165) is 5.56 Å². The van der Waals surface area contributed by atoms with Crippen LogP contribution in [0.15, 0.2) is 48.5 Å². The standard InChI is InChI=1S/C20H27NO4/c1-20(2,3)21-12-17(22)15-9-10-18(16(11-15)19(23)24)25-13-14-7-5-4-6-8-14/h4-11,17,19,21-24H,12-13H2,1-3H3. The fraction of sp³-hybridized carbons (Fsp3) is 0.400. The Hall–Kier alpha value is -1.92. The molecule has 2 aromatic rings. The summed E-state index contributed by atoms with van der Waals surface area (Å²) < 4.78 is 5.72. The van der Waals surface area contributed by atoms with Crippen LogP contribution in [0.3, 0.4) is 0 Å². The van der Waals surface area contributed by atoms with Crippen molar-refractivity contribution in [1.82, 2.24) is 5.32 Å². The largest absolute Gasteiger partial charge is 0.488 e. The van der Waals surface area contributed by atoms with E-state index in [1.807, 2.05) is 51.1 Å². The van der Waals surface area contributed by atoms with Crippen molar-refractivity contribution < 1.29 is 20.1 Å². The Kier molecular flexibility index (Phi) is 6.56. The second-order valence-electron chi connectivity index (χ2n) is 7.09. The average Bonchev–Trinajstić information content (AvgIpc) is 2.58. The highest BCUT2D eigenvalue weighted by Gasteiger charge is 2.17. The number of nitrogens with one attached hydrogen (secondary N) is 1. The van der Waals surface area contributed by atoms with Gasteiger partial charge in [0, 0.05) is 17.6 Å². The van der Waals surface area contributed by atoms with Crippen molar-refractivity contribution in [1.29, 1.82) is 0 Å². The van der Waals surface area contributed by atoms with Crippen molar-refractivity contribution in [3.05, 3.63) is 65.2 Å². The van der Waals surface area contributed by atoms with Crippen molar-refractivity contribution >= 4 is 0 Å². The molecule has 0 aliphatic carbocycles. The molecule has 25 heavy (non-hydrogen) atoms. The molecule has 0 aliphatic rings. The molecule has 0 saturated heterocycles. The van der Waals surface area contributed by atoms with Gasteiger partial charge < -0.3 is 25.4 Å². The van der Waals surface area contributed by atoms with Crippen molar-refractivity contribution in [2.24, 2.45) is 0 Å². The fourth-order valence-electron chi connectivity index (χ4n) is 2.36.